The summed E-state index contributed by atoms with van der Waals surface area (Å²) in [6, 6.07) is 12.3. The third-order valence-electron chi connectivity index (χ3n) is 3.47. The van der Waals surface area contributed by atoms with Gasteiger partial charge in [0.2, 0.25) is 0 Å². The molecule has 0 fully saturated rings. The summed E-state index contributed by atoms with van der Waals surface area (Å²) in [7, 11) is 1.67. The summed E-state index contributed by atoms with van der Waals surface area (Å²) in [4.78, 5) is 5.64. The van der Waals surface area contributed by atoms with E-state index in [1.807, 2.05) is 30.5 Å². The molecule has 3 aromatic rings. The van der Waals surface area contributed by atoms with Crippen LogP contribution in [0, 0.1) is 6.92 Å². The van der Waals surface area contributed by atoms with Gasteiger partial charge in [0, 0.05) is 21.3 Å². The molecule has 0 bridgehead atoms. The Morgan fingerprint density at radius 1 is 1.24 bits per heavy atom. The van der Waals surface area contributed by atoms with Gasteiger partial charge < -0.3 is 4.74 Å². The molecular formula is C16H17N3OS. The van der Waals surface area contributed by atoms with Crippen molar-refractivity contribution in [2.75, 3.05) is 7.11 Å². The minimum atomic E-state index is -0.0513. The zero-order chi connectivity index (χ0) is 14.8. The molecule has 0 radical (unpaired) electrons. The number of aromatic nitrogens is 1. The number of nitrogens with one attached hydrogen (secondary N) is 1. The van der Waals surface area contributed by atoms with E-state index in [9.17, 15) is 0 Å². The fourth-order valence-corrected chi connectivity index (χ4v) is 3.30. The standard InChI is InChI=1S/C16H17N3OS/c1-10-3-4-11-7-12(5-6-14(11)18-10)16(19-17)15-8-13(20-2)9-21-15/h3-9,16,19H,17H2,1-2H3. The number of nitrogens with zero attached hydrogens (tertiary/aromatic N) is 1. The number of ether oxygens (including phenoxy) is 1. The topological polar surface area (TPSA) is 60.2 Å². The van der Waals surface area contributed by atoms with E-state index < -0.39 is 0 Å². The van der Waals surface area contributed by atoms with Crippen molar-refractivity contribution < 1.29 is 4.74 Å². The van der Waals surface area contributed by atoms with E-state index in [2.05, 4.69) is 28.6 Å². The Kier molecular flexibility index (Phi) is 3.88. The second kappa shape index (κ2) is 5.81. The largest absolute Gasteiger partial charge is 0.496 e. The Balaban J connectivity index is 2.02. The summed E-state index contributed by atoms with van der Waals surface area (Å²) in [5, 5.41) is 3.09. The van der Waals surface area contributed by atoms with Crippen LogP contribution in [0.4, 0.5) is 0 Å². The second-order valence-electron chi connectivity index (χ2n) is 4.89. The van der Waals surface area contributed by atoms with Crippen molar-refractivity contribution >= 4 is 22.2 Å². The average Bonchev–Trinajstić information content (AvgIpc) is 2.97. The first-order valence-corrected chi connectivity index (χ1v) is 7.55. The van der Waals surface area contributed by atoms with Gasteiger partial charge in [0.25, 0.3) is 0 Å². The maximum Gasteiger partial charge on any atom is 0.129 e. The molecule has 0 spiro atoms. The fourth-order valence-electron chi connectivity index (χ4n) is 2.36. The van der Waals surface area contributed by atoms with Crippen molar-refractivity contribution in [3.63, 3.8) is 0 Å². The van der Waals surface area contributed by atoms with Gasteiger partial charge in [0.1, 0.15) is 5.75 Å². The highest BCUT2D eigenvalue weighted by Crippen LogP contribution is 2.31. The summed E-state index contributed by atoms with van der Waals surface area (Å²) in [6.45, 7) is 2.00. The predicted octanol–water partition coefficient (Wildman–Crippen LogP) is 3.17. The molecule has 0 saturated carbocycles. The molecule has 0 aliphatic carbocycles. The number of rotatable bonds is 4. The van der Waals surface area contributed by atoms with E-state index in [4.69, 9.17) is 10.6 Å². The molecule has 0 saturated heterocycles. The minimum absolute atomic E-state index is 0.0513. The molecular weight excluding hydrogens is 282 g/mol. The number of hydrogen-bond acceptors (Lipinski definition) is 5. The normalized spacial score (nSPS) is 12.5. The number of methoxy groups -OCH3 is 1. The van der Waals surface area contributed by atoms with Crippen LogP contribution < -0.4 is 16.0 Å². The van der Waals surface area contributed by atoms with Crippen molar-refractivity contribution in [2.45, 2.75) is 13.0 Å². The highest BCUT2D eigenvalue weighted by Gasteiger charge is 2.15. The van der Waals surface area contributed by atoms with Gasteiger partial charge in [0.05, 0.1) is 18.7 Å². The highest BCUT2D eigenvalue weighted by molar-refractivity contribution is 7.10. The van der Waals surface area contributed by atoms with Gasteiger partial charge in [-0.25, -0.2) is 5.43 Å². The summed E-state index contributed by atoms with van der Waals surface area (Å²) < 4.78 is 5.24. The van der Waals surface area contributed by atoms with E-state index in [1.165, 1.54) is 0 Å². The molecule has 4 nitrogen and oxygen atoms in total. The van der Waals surface area contributed by atoms with Gasteiger partial charge >= 0.3 is 0 Å². The molecule has 1 unspecified atom stereocenters. The van der Waals surface area contributed by atoms with Crippen molar-refractivity contribution in [3.8, 4) is 5.75 Å². The van der Waals surface area contributed by atoms with Crippen molar-refractivity contribution in [1.82, 2.24) is 10.4 Å². The van der Waals surface area contributed by atoms with E-state index >= 15 is 0 Å². The third-order valence-corrected chi connectivity index (χ3v) is 4.44. The lowest BCUT2D eigenvalue weighted by Crippen LogP contribution is -2.28. The van der Waals surface area contributed by atoms with Gasteiger partial charge in [-0.05, 0) is 36.8 Å². The van der Waals surface area contributed by atoms with Gasteiger partial charge in [-0.2, -0.15) is 0 Å². The van der Waals surface area contributed by atoms with Crippen LogP contribution in [-0.4, -0.2) is 12.1 Å². The number of benzene rings is 1. The molecule has 5 heteroatoms. The van der Waals surface area contributed by atoms with Gasteiger partial charge in [-0.3, -0.25) is 10.8 Å². The minimum Gasteiger partial charge on any atom is -0.496 e. The predicted molar refractivity (Wildman–Crippen MR) is 86.5 cm³/mol. The van der Waals surface area contributed by atoms with Crippen LogP contribution in [0.25, 0.3) is 10.9 Å². The molecule has 2 heterocycles. The van der Waals surface area contributed by atoms with E-state index in [0.717, 1.165) is 32.8 Å². The lowest BCUT2D eigenvalue weighted by Gasteiger charge is -2.15. The van der Waals surface area contributed by atoms with Gasteiger partial charge in [-0.15, -0.1) is 11.3 Å². The Labute approximate surface area is 127 Å². The quantitative estimate of drug-likeness (QED) is 0.574. The SMILES string of the molecule is COc1csc(C(NN)c2ccc3nc(C)ccc3c2)c1. The van der Waals surface area contributed by atoms with Crippen LogP contribution in [0.1, 0.15) is 22.2 Å². The van der Waals surface area contributed by atoms with Crippen molar-refractivity contribution in [3.05, 3.63) is 57.9 Å². The van der Waals surface area contributed by atoms with Crippen molar-refractivity contribution in [2.24, 2.45) is 5.84 Å². The zero-order valence-corrected chi connectivity index (χ0v) is 12.8. The first-order chi connectivity index (χ1) is 10.2. The molecule has 1 atom stereocenters. The number of thiophene rings is 1. The van der Waals surface area contributed by atoms with Crippen LogP contribution in [0.3, 0.4) is 0 Å². The number of fused-ring (bicyclic) bond motifs is 1. The van der Waals surface area contributed by atoms with E-state index in [1.54, 1.807) is 18.4 Å². The van der Waals surface area contributed by atoms with Crippen LogP contribution in [0.5, 0.6) is 5.75 Å². The first-order valence-electron chi connectivity index (χ1n) is 6.67. The monoisotopic (exact) mass is 299 g/mol. The van der Waals surface area contributed by atoms with Crippen molar-refractivity contribution in [1.29, 1.82) is 0 Å². The number of pyridine rings is 1. The highest BCUT2D eigenvalue weighted by atomic mass is 32.1. The smallest absolute Gasteiger partial charge is 0.129 e. The molecule has 0 aliphatic rings. The number of hydrogen-bond donors (Lipinski definition) is 2. The maximum absolute atomic E-state index is 5.76. The number of nitrogens with two attached hydrogens (primary N) is 1. The fraction of sp³-hybridized carbons (Fsp3) is 0.188. The summed E-state index contributed by atoms with van der Waals surface area (Å²) in [5.41, 5.74) is 6.01. The molecule has 1 aromatic carbocycles. The Morgan fingerprint density at radius 3 is 2.81 bits per heavy atom. The molecule has 0 amide bonds. The second-order valence-corrected chi connectivity index (χ2v) is 5.84. The van der Waals surface area contributed by atoms with Crippen LogP contribution in [0.15, 0.2) is 41.8 Å². The third kappa shape index (κ3) is 2.76. The van der Waals surface area contributed by atoms with Crippen LogP contribution >= 0.6 is 11.3 Å². The lowest BCUT2D eigenvalue weighted by molar-refractivity contribution is 0.416. The Morgan fingerprint density at radius 2 is 2.10 bits per heavy atom. The van der Waals surface area contributed by atoms with Crippen LogP contribution in [0.2, 0.25) is 0 Å². The number of aryl methyl sites for hydroxylation is 1. The average molecular weight is 299 g/mol. The summed E-state index contributed by atoms with van der Waals surface area (Å²) >= 11 is 1.63. The molecule has 108 valence electrons. The molecule has 2 aromatic heterocycles. The molecule has 3 N–H and O–H groups in total. The molecule has 3 rings (SSSR count). The molecule has 0 aliphatic heterocycles. The van der Waals surface area contributed by atoms with Gasteiger partial charge in [0.15, 0.2) is 0 Å². The van der Waals surface area contributed by atoms with E-state index in [-0.39, 0.29) is 6.04 Å². The summed E-state index contributed by atoms with van der Waals surface area (Å²) in [6.07, 6.45) is 0. The Hall–Kier alpha value is -1.95. The van der Waals surface area contributed by atoms with Crippen LogP contribution in [-0.2, 0) is 0 Å². The number of hydrazine groups is 1. The first kappa shape index (κ1) is 14.0. The van der Waals surface area contributed by atoms with E-state index in [0.29, 0.717) is 0 Å². The Bertz CT molecular complexity index is 769. The van der Waals surface area contributed by atoms with Gasteiger partial charge in [-0.1, -0.05) is 12.1 Å². The zero-order valence-electron chi connectivity index (χ0n) is 12.0. The lowest BCUT2D eigenvalue weighted by atomic mass is 10.0. The molecule has 21 heavy (non-hydrogen) atoms. The maximum atomic E-state index is 5.76. The summed E-state index contributed by atoms with van der Waals surface area (Å²) in [5.74, 6) is 6.61.